The van der Waals surface area contributed by atoms with Crippen molar-refractivity contribution in [2.24, 2.45) is 0 Å². The molecule has 1 amide bonds. The van der Waals surface area contributed by atoms with E-state index in [-0.39, 0.29) is 28.3 Å². The smallest absolute Gasteiger partial charge is 0.241 e. The minimum atomic E-state index is -0.572. The van der Waals surface area contributed by atoms with Gasteiger partial charge in [-0.3, -0.25) is 4.79 Å². The zero-order chi connectivity index (χ0) is 17.0. The zero-order valence-corrected chi connectivity index (χ0v) is 14.4. The van der Waals surface area contributed by atoms with Crippen molar-refractivity contribution in [3.05, 3.63) is 62.8 Å². The van der Waals surface area contributed by atoms with Crippen molar-refractivity contribution < 1.29 is 9.18 Å². The van der Waals surface area contributed by atoms with E-state index in [9.17, 15) is 9.18 Å². The van der Waals surface area contributed by atoms with Crippen molar-refractivity contribution in [1.82, 2.24) is 5.32 Å². The lowest BCUT2D eigenvalue weighted by atomic mass is 10.2. The second-order valence-corrected chi connectivity index (χ2v) is 6.18. The number of amides is 1. The highest BCUT2D eigenvalue weighted by atomic mass is 35.5. The fourth-order valence-electron chi connectivity index (χ4n) is 1.89. The minimum absolute atomic E-state index is 0.226. The molecule has 2 aromatic carbocycles. The molecule has 0 aliphatic carbocycles. The molecule has 3 nitrogen and oxygen atoms in total. The first kappa shape index (κ1) is 18.0. The van der Waals surface area contributed by atoms with E-state index in [4.69, 9.17) is 34.8 Å². The Morgan fingerprint density at radius 1 is 1.17 bits per heavy atom. The molecule has 0 radical (unpaired) electrons. The van der Waals surface area contributed by atoms with Crippen LogP contribution in [0.5, 0.6) is 0 Å². The fraction of sp³-hybridized carbons (Fsp3) is 0.188. The van der Waals surface area contributed by atoms with E-state index >= 15 is 0 Å². The molecule has 122 valence electrons. The SMILES string of the molecule is C[C@H](NCc1ccccc1F)C(=O)Nc1c(Cl)cc(Cl)cc1Cl. The van der Waals surface area contributed by atoms with E-state index in [1.54, 1.807) is 25.1 Å². The van der Waals surface area contributed by atoms with Gasteiger partial charge in [-0.2, -0.15) is 0 Å². The molecule has 0 spiro atoms. The fourth-order valence-corrected chi connectivity index (χ4v) is 2.80. The van der Waals surface area contributed by atoms with E-state index in [2.05, 4.69) is 10.6 Å². The molecule has 0 saturated carbocycles. The van der Waals surface area contributed by atoms with Crippen LogP contribution in [-0.2, 0) is 11.3 Å². The number of benzene rings is 2. The number of carbonyl (C=O) groups is 1. The van der Waals surface area contributed by atoms with Gasteiger partial charge in [0, 0.05) is 17.1 Å². The summed E-state index contributed by atoms with van der Waals surface area (Å²) in [5, 5.41) is 6.46. The molecule has 2 N–H and O–H groups in total. The summed E-state index contributed by atoms with van der Waals surface area (Å²) in [6, 6.07) is 8.77. The topological polar surface area (TPSA) is 41.1 Å². The van der Waals surface area contributed by atoms with Gasteiger partial charge in [0.15, 0.2) is 0 Å². The van der Waals surface area contributed by atoms with Crippen LogP contribution in [-0.4, -0.2) is 11.9 Å². The summed E-state index contributed by atoms with van der Waals surface area (Å²) in [6.07, 6.45) is 0. The summed E-state index contributed by atoms with van der Waals surface area (Å²) in [5.74, 6) is -0.663. The van der Waals surface area contributed by atoms with Gasteiger partial charge < -0.3 is 10.6 Å². The average Bonchev–Trinajstić information content (AvgIpc) is 2.49. The van der Waals surface area contributed by atoms with Crippen LogP contribution in [0, 0.1) is 5.82 Å². The second-order valence-electron chi connectivity index (χ2n) is 4.93. The standard InChI is InChI=1S/C16H14Cl3FN2O/c1-9(21-8-10-4-2-3-5-14(10)20)16(23)22-15-12(18)6-11(17)7-13(15)19/h2-7,9,21H,8H2,1H3,(H,22,23)/t9-/m0/s1. The quantitative estimate of drug-likeness (QED) is 0.780. The summed E-state index contributed by atoms with van der Waals surface area (Å²) < 4.78 is 13.5. The molecule has 0 unspecified atom stereocenters. The van der Waals surface area contributed by atoms with Crippen LogP contribution in [0.1, 0.15) is 12.5 Å². The number of carbonyl (C=O) groups excluding carboxylic acids is 1. The number of nitrogens with one attached hydrogen (secondary N) is 2. The maximum absolute atomic E-state index is 13.5. The largest absolute Gasteiger partial charge is 0.322 e. The van der Waals surface area contributed by atoms with Gasteiger partial charge in [-0.1, -0.05) is 53.0 Å². The number of hydrogen-bond donors (Lipinski definition) is 2. The van der Waals surface area contributed by atoms with E-state index < -0.39 is 6.04 Å². The number of hydrogen-bond acceptors (Lipinski definition) is 2. The molecule has 2 aromatic rings. The molecule has 2 rings (SSSR count). The minimum Gasteiger partial charge on any atom is -0.322 e. The third-order valence-corrected chi connectivity index (χ3v) is 4.02. The Balaban J connectivity index is 1.99. The number of rotatable bonds is 5. The predicted octanol–water partition coefficient (Wildman–Crippen LogP) is 4.90. The maximum atomic E-state index is 13.5. The van der Waals surface area contributed by atoms with Gasteiger partial charge in [-0.25, -0.2) is 4.39 Å². The van der Waals surface area contributed by atoms with Crippen LogP contribution in [0.15, 0.2) is 36.4 Å². The normalized spacial score (nSPS) is 12.0. The summed E-state index contributed by atoms with van der Waals surface area (Å²) in [7, 11) is 0. The highest BCUT2D eigenvalue weighted by molar-refractivity contribution is 6.42. The molecular formula is C16H14Cl3FN2O. The Morgan fingerprint density at radius 2 is 1.78 bits per heavy atom. The molecule has 0 aliphatic heterocycles. The highest BCUT2D eigenvalue weighted by Crippen LogP contribution is 2.33. The van der Waals surface area contributed by atoms with Gasteiger partial charge in [0.05, 0.1) is 21.8 Å². The van der Waals surface area contributed by atoms with Crippen molar-refractivity contribution in [2.75, 3.05) is 5.32 Å². The Bertz CT molecular complexity index is 701. The average molecular weight is 376 g/mol. The maximum Gasteiger partial charge on any atom is 0.241 e. The molecule has 0 heterocycles. The third kappa shape index (κ3) is 4.82. The third-order valence-electron chi connectivity index (χ3n) is 3.20. The molecule has 7 heteroatoms. The van der Waals surface area contributed by atoms with Crippen molar-refractivity contribution in [3.8, 4) is 0 Å². The summed E-state index contributed by atoms with van der Waals surface area (Å²) in [6.45, 7) is 1.89. The lowest BCUT2D eigenvalue weighted by Gasteiger charge is -2.16. The first-order chi connectivity index (χ1) is 10.9. The van der Waals surface area contributed by atoms with Gasteiger partial charge in [0.2, 0.25) is 5.91 Å². The molecule has 0 saturated heterocycles. The lowest BCUT2D eigenvalue weighted by molar-refractivity contribution is -0.117. The summed E-state index contributed by atoms with van der Waals surface area (Å²) in [5.41, 5.74) is 0.775. The molecule has 23 heavy (non-hydrogen) atoms. The van der Waals surface area contributed by atoms with Gasteiger partial charge in [0.1, 0.15) is 5.82 Å². The monoisotopic (exact) mass is 374 g/mol. The van der Waals surface area contributed by atoms with Crippen molar-refractivity contribution in [3.63, 3.8) is 0 Å². The van der Waals surface area contributed by atoms with E-state index in [0.717, 1.165) is 0 Å². The molecule has 1 atom stereocenters. The van der Waals surface area contributed by atoms with Gasteiger partial charge >= 0.3 is 0 Å². The van der Waals surface area contributed by atoms with Crippen LogP contribution >= 0.6 is 34.8 Å². The molecular weight excluding hydrogens is 362 g/mol. The lowest BCUT2D eigenvalue weighted by Crippen LogP contribution is -2.37. The second kappa shape index (κ2) is 7.97. The van der Waals surface area contributed by atoms with E-state index in [1.165, 1.54) is 18.2 Å². The number of anilines is 1. The highest BCUT2D eigenvalue weighted by Gasteiger charge is 2.16. The van der Waals surface area contributed by atoms with Gasteiger partial charge in [-0.05, 0) is 25.1 Å². The van der Waals surface area contributed by atoms with Crippen molar-refractivity contribution in [1.29, 1.82) is 0 Å². The van der Waals surface area contributed by atoms with Crippen molar-refractivity contribution >= 4 is 46.4 Å². The van der Waals surface area contributed by atoms with Gasteiger partial charge in [-0.15, -0.1) is 0 Å². The van der Waals surface area contributed by atoms with Crippen LogP contribution < -0.4 is 10.6 Å². The summed E-state index contributed by atoms with van der Waals surface area (Å²) >= 11 is 17.9. The van der Waals surface area contributed by atoms with Crippen LogP contribution in [0.2, 0.25) is 15.1 Å². The van der Waals surface area contributed by atoms with Crippen LogP contribution in [0.3, 0.4) is 0 Å². The Labute approximate surface area is 148 Å². The van der Waals surface area contributed by atoms with E-state index in [1.807, 2.05) is 0 Å². The zero-order valence-electron chi connectivity index (χ0n) is 12.2. The number of halogens is 4. The summed E-state index contributed by atoms with van der Waals surface area (Å²) in [4.78, 5) is 12.2. The molecule has 0 bridgehead atoms. The Hall–Kier alpha value is -1.33. The van der Waals surface area contributed by atoms with E-state index in [0.29, 0.717) is 16.3 Å². The molecule has 0 aliphatic rings. The first-order valence-electron chi connectivity index (χ1n) is 6.80. The molecule has 0 aromatic heterocycles. The van der Waals surface area contributed by atoms with Gasteiger partial charge in [0.25, 0.3) is 0 Å². The van der Waals surface area contributed by atoms with Crippen molar-refractivity contribution in [2.45, 2.75) is 19.5 Å². The first-order valence-corrected chi connectivity index (χ1v) is 7.94. The Morgan fingerprint density at radius 3 is 2.39 bits per heavy atom. The predicted molar refractivity (Wildman–Crippen MR) is 92.8 cm³/mol. The van der Waals surface area contributed by atoms with Crippen LogP contribution in [0.25, 0.3) is 0 Å². The van der Waals surface area contributed by atoms with Crippen LogP contribution in [0.4, 0.5) is 10.1 Å². The Kier molecular flexibility index (Phi) is 6.25. The molecule has 0 fully saturated rings.